The summed E-state index contributed by atoms with van der Waals surface area (Å²) in [5.41, 5.74) is 5.44. The summed E-state index contributed by atoms with van der Waals surface area (Å²) in [5.74, 6) is -1.49. The van der Waals surface area contributed by atoms with Gasteiger partial charge in [-0.25, -0.2) is 13.4 Å². The van der Waals surface area contributed by atoms with E-state index >= 15 is 0 Å². The molecule has 1 aromatic heterocycles. The van der Waals surface area contributed by atoms with Crippen molar-refractivity contribution in [2.24, 2.45) is 11.7 Å². The van der Waals surface area contributed by atoms with E-state index in [1.165, 1.54) is 37.6 Å². The van der Waals surface area contributed by atoms with Crippen LogP contribution in [0.15, 0.2) is 29.4 Å². The van der Waals surface area contributed by atoms with Gasteiger partial charge in [-0.1, -0.05) is 38.2 Å². The van der Waals surface area contributed by atoms with E-state index in [-0.39, 0.29) is 23.9 Å². The van der Waals surface area contributed by atoms with Gasteiger partial charge in [-0.3, -0.25) is 14.4 Å². The lowest BCUT2D eigenvalue weighted by atomic mass is 9.86. The second-order valence-electron chi connectivity index (χ2n) is 8.30. The predicted molar refractivity (Wildman–Crippen MR) is 113 cm³/mol. The Bertz CT molecular complexity index is 900. The van der Waals surface area contributed by atoms with E-state index in [0.29, 0.717) is 18.8 Å². The Morgan fingerprint density at radius 3 is 2.52 bits per heavy atom. The molecular formula is C21H30N4O5S. The number of primary amides is 1. The van der Waals surface area contributed by atoms with Crippen molar-refractivity contribution in [3.63, 3.8) is 0 Å². The molecule has 3 rings (SSSR count). The third kappa shape index (κ3) is 5.68. The molecule has 9 nitrogen and oxygen atoms in total. The molecule has 170 valence electrons. The molecule has 1 aliphatic carbocycles. The van der Waals surface area contributed by atoms with Gasteiger partial charge in [0.15, 0.2) is 16.9 Å². The monoisotopic (exact) mass is 450 g/mol. The van der Waals surface area contributed by atoms with Gasteiger partial charge < -0.3 is 11.1 Å². The topological polar surface area (TPSA) is 140 Å². The van der Waals surface area contributed by atoms with Crippen LogP contribution in [0.2, 0.25) is 0 Å². The molecule has 1 aromatic rings. The lowest BCUT2D eigenvalue weighted by Gasteiger charge is -2.26. The number of amides is 2. The first-order chi connectivity index (χ1) is 14.8. The van der Waals surface area contributed by atoms with Gasteiger partial charge in [-0.15, -0.1) is 0 Å². The molecule has 2 atom stereocenters. The van der Waals surface area contributed by atoms with E-state index in [2.05, 4.69) is 10.3 Å². The number of ketones is 1. The highest BCUT2D eigenvalue weighted by molar-refractivity contribution is 7.89. The van der Waals surface area contributed by atoms with Gasteiger partial charge in [0, 0.05) is 19.2 Å². The summed E-state index contributed by atoms with van der Waals surface area (Å²) in [4.78, 5) is 41.5. The smallest absolute Gasteiger partial charge is 0.261 e. The highest BCUT2D eigenvalue weighted by Crippen LogP contribution is 2.27. The minimum Gasteiger partial charge on any atom is -0.368 e. The van der Waals surface area contributed by atoms with Crippen LogP contribution in [0.5, 0.6) is 0 Å². The molecule has 0 radical (unpaired) electrons. The summed E-state index contributed by atoms with van der Waals surface area (Å²) in [5, 5.41) is 2.45. The molecule has 0 spiro atoms. The Hall–Kier alpha value is -2.33. The summed E-state index contributed by atoms with van der Waals surface area (Å²) in [6, 6.07) is 1.75. The van der Waals surface area contributed by atoms with Crippen molar-refractivity contribution in [2.45, 2.75) is 74.9 Å². The van der Waals surface area contributed by atoms with Crippen LogP contribution in [0.25, 0.3) is 0 Å². The molecular weight excluding hydrogens is 420 g/mol. The number of nitrogens with one attached hydrogen (secondary N) is 1. The van der Waals surface area contributed by atoms with Gasteiger partial charge in [0.05, 0.1) is 6.04 Å². The molecule has 31 heavy (non-hydrogen) atoms. The maximum absolute atomic E-state index is 13.1. The van der Waals surface area contributed by atoms with E-state index in [0.717, 1.165) is 23.6 Å². The summed E-state index contributed by atoms with van der Waals surface area (Å²) in [7, 11) is -4.20. The molecule has 3 N–H and O–H groups in total. The van der Waals surface area contributed by atoms with Crippen molar-refractivity contribution in [1.82, 2.24) is 14.6 Å². The lowest BCUT2D eigenvalue weighted by molar-refractivity contribution is -0.135. The fourth-order valence-electron chi connectivity index (χ4n) is 4.44. The SMILES string of the molecule is NC(=O)[C@@H]1C(=O)[C@@H](NC(=O)CCC2CCCCC2)CCCN1S(=O)(=O)c1ccccn1. The maximum atomic E-state index is 13.1. The number of aromatic nitrogens is 1. The first kappa shape index (κ1) is 23.3. The van der Waals surface area contributed by atoms with E-state index in [1.807, 2.05) is 0 Å². The summed E-state index contributed by atoms with van der Waals surface area (Å²) >= 11 is 0. The van der Waals surface area contributed by atoms with Gasteiger partial charge in [0.25, 0.3) is 10.0 Å². The van der Waals surface area contributed by atoms with Crippen LogP contribution in [-0.2, 0) is 24.4 Å². The third-order valence-electron chi connectivity index (χ3n) is 6.09. The fourth-order valence-corrected chi connectivity index (χ4v) is 5.98. The molecule has 2 fully saturated rings. The lowest BCUT2D eigenvalue weighted by Crippen LogP contribution is -2.56. The zero-order chi connectivity index (χ0) is 22.4. The van der Waals surface area contributed by atoms with Crippen LogP contribution in [0.1, 0.15) is 57.8 Å². The Morgan fingerprint density at radius 1 is 1.13 bits per heavy atom. The second-order valence-corrected chi connectivity index (χ2v) is 10.1. The number of hydrogen-bond acceptors (Lipinski definition) is 6. The highest BCUT2D eigenvalue weighted by atomic mass is 32.2. The van der Waals surface area contributed by atoms with Crippen molar-refractivity contribution >= 4 is 27.6 Å². The number of rotatable bonds is 7. The fraction of sp³-hybridized carbons (Fsp3) is 0.619. The minimum atomic E-state index is -4.20. The van der Waals surface area contributed by atoms with E-state index in [4.69, 9.17) is 5.73 Å². The van der Waals surface area contributed by atoms with E-state index in [1.54, 1.807) is 6.07 Å². The van der Waals surface area contributed by atoms with Crippen molar-refractivity contribution in [3.05, 3.63) is 24.4 Å². The summed E-state index contributed by atoms with van der Waals surface area (Å²) < 4.78 is 26.9. The number of pyridine rings is 1. The zero-order valence-corrected chi connectivity index (χ0v) is 18.4. The molecule has 2 amide bonds. The number of sulfonamides is 1. The van der Waals surface area contributed by atoms with Crippen molar-refractivity contribution in [1.29, 1.82) is 0 Å². The van der Waals surface area contributed by atoms with Gasteiger partial charge in [0.2, 0.25) is 11.8 Å². The molecule has 2 heterocycles. The first-order valence-electron chi connectivity index (χ1n) is 10.9. The number of nitrogens with zero attached hydrogens (tertiary/aromatic N) is 2. The molecule has 1 saturated carbocycles. The molecule has 0 bridgehead atoms. The van der Waals surface area contributed by atoms with Crippen molar-refractivity contribution < 1.29 is 22.8 Å². The molecule has 0 aromatic carbocycles. The number of nitrogens with two attached hydrogens (primary N) is 1. The maximum Gasteiger partial charge on any atom is 0.261 e. The normalized spacial score (nSPS) is 23.8. The van der Waals surface area contributed by atoms with Gasteiger partial charge in [-0.2, -0.15) is 4.31 Å². The first-order valence-corrected chi connectivity index (χ1v) is 12.3. The Kier molecular flexibility index (Phi) is 7.77. The predicted octanol–water partition coefficient (Wildman–Crippen LogP) is 1.13. The largest absolute Gasteiger partial charge is 0.368 e. The Labute approximate surface area is 182 Å². The van der Waals surface area contributed by atoms with Crippen LogP contribution < -0.4 is 11.1 Å². The Morgan fingerprint density at radius 2 is 1.87 bits per heavy atom. The number of hydrogen-bond donors (Lipinski definition) is 2. The van der Waals surface area contributed by atoms with Gasteiger partial charge >= 0.3 is 0 Å². The molecule has 2 aliphatic rings. The zero-order valence-electron chi connectivity index (χ0n) is 17.5. The minimum absolute atomic E-state index is 0.0628. The molecule has 1 saturated heterocycles. The number of carbonyl (C=O) groups excluding carboxylic acids is 3. The quantitative estimate of drug-likeness (QED) is 0.597. The molecule has 10 heteroatoms. The van der Waals surface area contributed by atoms with Gasteiger partial charge in [0.1, 0.15) is 0 Å². The van der Waals surface area contributed by atoms with Gasteiger partial charge in [-0.05, 0) is 37.3 Å². The average molecular weight is 451 g/mol. The van der Waals surface area contributed by atoms with Crippen molar-refractivity contribution in [2.75, 3.05) is 6.54 Å². The van der Waals surface area contributed by atoms with Crippen LogP contribution in [0, 0.1) is 5.92 Å². The van der Waals surface area contributed by atoms with E-state index < -0.39 is 33.8 Å². The molecule has 0 unspecified atom stereocenters. The van der Waals surface area contributed by atoms with Crippen molar-refractivity contribution in [3.8, 4) is 0 Å². The van der Waals surface area contributed by atoms with E-state index in [9.17, 15) is 22.8 Å². The Balaban J connectivity index is 1.71. The third-order valence-corrected chi connectivity index (χ3v) is 7.87. The number of Topliss-reactive ketones (excluding diaryl/α,β-unsaturated/α-hetero) is 1. The summed E-state index contributed by atoms with van der Waals surface area (Å²) in [6.45, 7) is -0.0628. The summed E-state index contributed by atoms with van der Waals surface area (Å²) in [6.07, 6.45) is 8.81. The van der Waals surface area contributed by atoms with Crippen LogP contribution in [-0.4, -0.2) is 53.9 Å². The standard InChI is InChI=1S/C21H30N4O5S/c22-21(28)19-20(27)16(24-17(26)12-11-15-7-2-1-3-8-15)9-6-14-25(19)31(29,30)18-10-4-5-13-23-18/h4-5,10,13,15-16,19H,1-3,6-9,11-12,14H2,(H2,22,28)(H,24,26)/t16-,19-/m0/s1. The van der Waals surface area contributed by atoms with Crippen LogP contribution >= 0.6 is 0 Å². The number of carbonyl (C=O) groups is 3. The van der Waals surface area contributed by atoms with Crippen LogP contribution in [0.4, 0.5) is 0 Å². The average Bonchev–Trinajstić information content (AvgIpc) is 2.93. The molecule has 1 aliphatic heterocycles. The highest BCUT2D eigenvalue weighted by Gasteiger charge is 2.44. The second kappa shape index (κ2) is 10.3. The van der Waals surface area contributed by atoms with Crippen LogP contribution in [0.3, 0.4) is 0 Å².